The van der Waals surface area contributed by atoms with Crippen LogP contribution in [0.15, 0.2) is 0 Å². The lowest BCUT2D eigenvalue weighted by Gasteiger charge is -2.30. The summed E-state index contributed by atoms with van der Waals surface area (Å²) in [7, 11) is 0. The van der Waals surface area contributed by atoms with Crippen LogP contribution in [0.4, 0.5) is 0 Å². The topological polar surface area (TPSA) is 55.4 Å². The molecule has 0 saturated carbocycles. The van der Waals surface area contributed by atoms with Gasteiger partial charge in [0.1, 0.15) is 5.92 Å². The number of thioether (sulfide) groups is 1. The molecule has 0 aliphatic carbocycles. The Morgan fingerprint density at radius 3 is 2.37 bits per heavy atom. The molecule has 1 amide bonds. The fraction of sp³-hybridized carbons (Fsp3) is 0.857. The van der Waals surface area contributed by atoms with Crippen LogP contribution in [0.1, 0.15) is 40.5 Å². The van der Waals surface area contributed by atoms with Crippen LogP contribution in [0, 0.1) is 11.3 Å². The maximum Gasteiger partial charge on any atom is 0.319 e. The Morgan fingerprint density at radius 1 is 1.32 bits per heavy atom. The molecule has 0 aromatic rings. The summed E-state index contributed by atoms with van der Waals surface area (Å²) in [5.41, 5.74) is -0.431. The molecular weight excluding hydrogens is 262 g/mol. The Labute approximate surface area is 120 Å². The minimum absolute atomic E-state index is 0.192. The molecule has 4 nitrogen and oxygen atoms in total. The lowest BCUT2D eigenvalue weighted by Crippen LogP contribution is -2.47. The Balaban J connectivity index is 2.68. The van der Waals surface area contributed by atoms with E-state index in [2.05, 4.69) is 5.32 Å². The van der Waals surface area contributed by atoms with Crippen molar-refractivity contribution in [3.8, 4) is 0 Å². The maximum atomic E-state index is 12.4. The predicted octanol–water partition coefficient (Wildman–Crippen LogP) is 2.22. The molecule has 0 spiro atoms. The molecule has 1 atom stereocenters. The van der Waals surface area contributed by atoms with Crippen LogP contribution in [0.3, 0.4) is 0 Å². The third kappa shape index (κ3) is 5.05. The van der Waals surface area contributed by atoms with Crippen LogP contribution in [0.2, 0.25) is 0 Å². The molecule has 1 N–H and O–H groups in total. The van der Waals surface area contributed by atoms with E-state index in [1.807, 2.05) is 32.5 Å². The summed E-state index contributed by atoms with van der Waals surface area (Å²) in [6.07, 6.45) is 1.96. The number of hydrogen-bond donors (Lipinski definition) is 1. The van der Waals surface area contributed by atoms with Gasteiger partial charge in [0, 0.05) is 6.04 Å². The quantitative estimate of drug-likeness (QED) is 0.636. The van der Waals surface area contributed by atoms with Gasteiger partial charge in [-0.3, -0.25) is 9.59 Å². The number of rotatable bonds is 4. The average Bonchev–Trinajstić information content (AvgIpc) is 2.28. The molecule has 1 aliphatic rings. The zero-order chi connectivity index (χ0) is 14.5. The molecule has 0 bridgehead atoms. The van der Waals surface area contributed by atoms with E-state index in [0.29, 0.717) is 6.61 Å². The second kappa shape index (κ2) is 7.17. The summed E-state index contributed by atoms with van der Waals surface area (Å²) < 4.78 is 5.04. The minimum atomic E-state index is -0.734. The third-order valence-electron chi connectivity index (χ3n) is 3.22. The molecule has 1 saturated heterocycles. The highest BCUT2D eigenvalue weighted by molar-refractivity contribution is 7.99. The van der Waals surface area contributed by atoms with Gasteiger partial charge in [0.15, 0.2) is 0 Å². The number of hydrogen-bond acceptors (Lipinski definition) is 4. The van der Waals surface area contributed by atoms with Gasteiger partial charge in [-0.25, -0.2) is 0 Å². The Morgan fingerprint density at radius 2 is 1.89 bits per heavy atom. The van der Waals surface area contributed by atoms with Gasteiger partial charge < -0.3 is 10.1 Å². The SMILES string of the molecule is CCOC(=O)C(C(=O)NC1CCSCC1)C(C)(C)C. The van der Waals surface area contributed by atoms with Crippen molar-refractivity contribution < 1.29 is 14.3 Å². The van der Waals surface area contributed by atoms with Gasteiger partial charge in [0.05, 0.1) is 6.61 Å². The highest BCUT2D eigenvalue weighted by Gasteiger charge is 2.39. The summed E-state index contributed by atoms with van der Waals surface area (Å²) in [6.45, 7) is 7.74. The van der Waals surface area contributed by atoms with Crippen LogP contribution in [0.25, 0.3) is 0 Å². The van der Waals surface area contributed by atoms with E-state index in [0.717, 1.165) is 24.3 Å². The van der Waals surface area contributed by atoms with Crippen molar-refractivity contribution in [2.75, 3.05) is 18.1 Å². The second-order valence-electron chi connectivity index (χ2n) is 5.95. The first kappa shape index (κ1) is 16.3. The molecule has 1 fully saturated rings. The van der Waals surface area contributed by atoms with Crippen molar-refractivity contribution in [1.29, 1.82) is 0 Å². The van der Waals surface area contributed by atoms with E-state index in [9.17, 15) is 9.59 Å². The molecule has 1 rings (SSSR count). The molecule has 0 aromatic heterocycles. The van der Waals surface area contributed by atoms with E-state index in [-0.39, 0.29) is 11.9 Å². The van der Waals surface area contributed by atoms with Crippen molar-refractivity contribution in [3.05, 3.63) is 0 Å². The van der Waals surface area contributed by atoms with Gasteiger partial charge in [-0.2, -0.15) is 11.8 Å². The standard InChI is InChI=1S/C14H25NO3S/c1-5-18-13(17)11(14(2,3)4)12(16)15-10-6-8-19-9-7-10/h10-11H,5-9H2,1-4H3,(H,15,16). The first-order valence-corrected chi connectivity index (χ1v) is 8.06. The first-order valence-electron chi connectivity index (χ1n) is 6.91. The largest absolute Gasteiger partial charge is 0.465 e. The predicted molar refractivity (Wildman–Crippen MR) is 78.1 cm³/mol. The maximum absolute atomic E-state index is 12.4. The van der Waals surface area contributed by atoms with Crippen LogP contribution in [-0.4, -0.2) is 36.0 Å². The number of carbonyl (C=O) groups excluding carboxylic acids is 2. The van der Waals surface area contributed by atoms with Crippen molar-refractivity contribution >= 4 is 23.6 Å². The molecule has 1 unspecified atom stereocenters. The smallest absolute Gasteiger partial charge is 0.319 e. The first-order chi connectivity index (χ1) is 8.86. The number of carbonyl (C=O) groups is 2. The molecule has 1 aliphatic heterocycles. The Bertz CT molecular complexity index is 319. The lowest BCUT2D eigenvalue weighted by atomic mass is 9.80. The summed E-state index contributed by atoms with van der Waals surface area (Å²) in [5.74, 6) is 0.803. The van der Waals surface area contributed by atoms with Crippen LogP contribution in [0.5, 0.6) is 0 Å². The molecule has 5 heteroatoms. The zero-order valence-electron chi connectivity index (χ0n) is 12.3. The molecule has 0 radical (unpaired) electrons. The van der Waals surface area contributed by atoms with Crippen LogP contribution < -0.4 is 5.32 Å². The summed E-state index contributed by atoms with van der Waals surface area (Å²) >= 11 is 1.91. The normalized spacial score (nSPS) is 18.7. The molecule has 19 heavy (non-hydrogen) atoms. The molecular formula is C14H25NO3S. The van der Waals surface area contributed by atoms with E-state index in [1.165, 1.54) is 0 Å². The molecule has 0 aromatic carbocycles. The van der Waals surface area contributed by atoms with Gasteiger partial charge in [-0.1, -0.05) is 20.8 Å². The summed E-state index contributed by atoms with van der Waals surface area (Å²) in [5, 5.41) is 3.01. The van der Waals surface area contributed by atoms with Crippen molar-refractivity contribution in [1.82, 2.24) is 5.32 Å². The van der Waals surface area contributed by atoms with Gasteiger partial charge in [-0.05, 0) is 36.7 Å². The molecule has 110 valence electrons. The third-order valence-corrected chi connectivity index (χ3v) is 4.27. The van der Waals surface area contributed by atoms with Crippen molar-refractivity contribution in [2.45, 2.75) is 46.6 Å². The minimum Gasteiger partial charge on any atom is -0.465 e. The highest BCUT2D eigenvalue weighted by Crippen LogP contribution is 2.28. The van der Waals surface area contributed by atoms with E-state index in [1.54, 1.807) is 6.92 Å². The monoisotopic (exact) mass is 287 g/mol. The fourth-order valence-electron chi connectivity index (χ4n) is 2.21. The number of amides is 1. The fourth-order valence-corrected chi connectivity index (χ4v) is 3.31. The summed E-state index contributed by atoms with van der Waals surface area (Å²) in [4.78, 5) is 24.3. The lowest BCUT2D eigenvalue weighted by molar-refractivity contribution is -0.156. The van der Waals surface area contributed by atoms with E-state index in [4.69, 9.17) is 4.74 Å². The number of esters is 1. The number of nitrogens with one attached hydrogen (secondary N) is 1. The Hall–Kier alpha value is -0.710. The van der Waals surface area contributed by atoms with Gasteiger partial charge in [0.25, 0.3) is 0 Å². The molecule has 1 heterocycles. The van der Waals surface area contributed by atoms with Gasteiger partial charge >= 0.3 is 5.97 Å². The van der Waals surface area contributed by atoms with Crippen LogP contribution in [-0.2, 0) is 14.3 Å². The summed E-state index contributed by atoms with van der Waals surface area (Å²) in [6, 6.07) is 0.202. The highest BCUT2D eigenvalue weighted by atomic mass is 32.2. The average molecular weight is 287 g/mol. The van der Waals surface area contributed by atoms with Gasteiger partial charge in [0.2, 0.25) is 5.91 Å². The second-order valence-corrected chi connectivity index (χ2v) is 7.17. The van der Waals surface area contributed by atoms with E-state index >= 15 is 0 Å². The van der Waals surface area contributed by atoms with Crippen LogP contribution >= 0.6 is 11.8 Å². The Kier molecular flexibility index (Phi) is 6.17. The van der Waals surface area contributed by atoms with Crippen molar-refractivity contribution in [2.24, 2.45) is 11.3 Å². The van der Waals surface area contributed by atoms with Crippen molar-refractivity contribution in [3.63, 3.8) is 0 Å². The zero-order valence-corrected chi connectivity index (χ0v) is 13.1. The van der Waals surface area contributed by atoms with Gasteiger partial charge in [-0.15, -0.1) is 0 Å². The van der Waals surface area contributed by atoms with E-state index < -0.39 is 17.3 Å². The number of ether oxygens (including phenoxy) is 1.